The number of carbonyl (C=O) groups is 2. The molecule has 2 unspecified atom stereocenters. The van der Waals surface area contributed by atoms with Gasteiger partial charge < -0.3 is 15.0 Å². The van der Waals surface area contributed by atoms with Crippen molar-refractivity contribution in [2.75, 3.05) is 32.7 Å². The lowest BCUT2D eigenvalue weighted by molar-refractivity contribution is -0.134. The fraction of sp³-hybridized carbons (Fsp3) is 0.576. The monoisotopic (exact) mass is 610 g/mol. The summed E-state index contributed by atoms with van der Waals surface area (Å²) in [6.07, 6.45) is 10.9. The molecular weight excluding hydrogens is 564 g/mol. The third-order valence-electron chi connectivity index (χ3n) is 9.42. The average molecular weight is 611 g/mol. The second-order valence-corrected chi connectivity index (χ2v) is 14.2. The van der Waals surface area contributed by atoms with Crippen LogP contribution in [0, 0.1) is 17.8 Å². The largest absolute Gasteiger partial charge is 0.489 e. The zero-order valence-electron chi connectivity index (χ0n) is 25.1. The zero-order valence-corrected chi connectivity index (χ0v) is 25.9. The highest BCUT2D eigenvalue weighted by Gasteiger charge is 2.31. The standard InChI is InChI=1S/C33H46N4O5S/c34-43(40,41)30-13-11-25(12-14-30)24-42-31-9-2-1-8-29(31)23-36-15-17-37(18-16-36)33(39)22-35-32(38)10-4-7-28-20-26-5-3-6-27(19-26)21-28/h1-2,8-9,11-14,26-28H,3-7,10,15-24H2,(H,35,38)(H2,34,40,41). The number of nitrogens with one attached hydrogen (secondary N) is 1. The molecule has 2 atom stereocenters. The number of carbonyl (C=O) groups excluding carboxylic acids is 2. The summed E-state index contributed by atoms with van der Waals surface area (Å²) in [7, 11) is -3.73. The van der Waals surface area contributed by atoms with E-state index in [-0.39, 0.29) is 23.3 Å². The molecule has 0 aromatic heterocycles. The second kappa shape index (κ2) is 14.7. The lowest BCUT2D eigenvalue weighted by Crippen LogP contribution is -2.50. The molecule has 9 nitrogen and oxygen atoms in total. The molecule has 2 amide bonds. The van der Waals surface area contributed by atoms with E-state index in [1.165, 1.54) is 50.7 Å². The Kier molecular flexibility index (Phi) is 10.7. The van der Waals surface area contributed by atoms with E-state index in [9.17, 15) is 18.0 Å². The van der Waals surface area contributed by atoms with Crippen LogP contribution in [-0.4, -0.2) is 62.8 Å². The van der Waals surface area contributed by atoms with Gasteiger partial charge >= 0.3 is 0 Å². The van der Waals surface area contributed by atoms with Crippen molar-refractivity contribution in [2.24, 2.45) is 22.9 Å². The summed E-state index contributed by atoms with van der Waals surface area (Å²) >= 11 is 0. The van der Waals surface area contributed by atoms with Gasteiger partial charge in [0.15, 0.2) is 0 Å². The molecular formula is C33H46N4O5S. The van der Waals surface area contributed by atoms with Crippen LogP contribution in [0.15, 0.2) is 53.4 Å². The molecule has 1 aliphatic heterocycles. The molecule has 2 saturated carbocycles. The fourth-order valence-corrected chi connectivity index (χ4v) is 7.65. The second-order valence-electron chi connectivity index (χ2n) is 12.6. The number of nitrogens with zero attached hydrogens (tertiary/aromatic N) is 2. The van der Waals surface area contributed by atoms with Crippen LogP contribution in [0.2, 0.25) is 0 Å². The normalized spacial score (nSPS) is 22.6. The highest BCUT2D eigenvalue weighted by atomic mass is 32.2. The molecule has 2 bridgehead atoms. The zero-order chi connectivity index (χ0) is 30.2. The number of para-hydroxylation sites is 1. The summed E-state index contributed by atoms with van der Waals surface area (Å²) in [5.41, 5.74) is 1.89. The van der Waals surface area contributed by atoms with Crippen LogP contribution in [0.3, 0.4) is 0 Å². The van der Waals surface area contributed by atoms with Crippen molar-refractivity contribution in [3.05, 3.63) is 59.7 Å². The lowest BCUT2D eigenvalue weighted by Gasteiger charge is -2.39. The summed E-state index contributed by atoms with van der Waals surface area (Å²) in [5, 5.41) is 8.04. The van der Waals surface area contributed by atoms with E-state index in [0.29, 0.717) is 32.7 Å². The van der Waals surface area contributed by atoms with E-state index in [1.807, 2.05) is 29.2 Å². The number of hydrogen-bond donors (Lipinski definition) is 2. The summed E-state index contributed by atoms with van der Waals surface area (Å²) in [4.78, 5) is 29.4. The topological polar surface area (TPSA) is 122 Å². The molecule has 3 N–H and O–H groups in total. The third kappa shape index (κ3) is 9.27. The van der Waals surface area contributed by atoms with E-state index in [2.05, 4.69) is 10.2 Å². The van der Waals surface area contributed by atoms with E-state index >= 15 is 0 Å². The van der Waals surface area contributed by atoms with Crippen molar-refractivity contribution in [2.45, 2.75) is 75.8 Å². The van der Waals surface area contributed by atoms with Gasteiger partial charge in [-0.3, -0.25) is 14.5 Å². The number of piperazine rings is 1. The van der Waals surface area contributed by atoms with Gasteiger partial charge in [0, 0.05) is 44.7 Å². The van der Waals surface area contributed by atoms with E-state index < -0.39 is 10.0 Å². The van der Waals surface area contributed by atoms with Crippen molar-refractivity contribution in [1.29, 1.82) is 0 Å². The Labute approximate surface area is 256 Å². The first-order valence-corrected chi connectivity index (χ1v) is 17.4. The predicted molar refractivity (Wildman–Crippen MR) is 165 cm³/mol. The molecule has 1 heterocycles. The molecule has 5 rings (SSSR count). The van der Waals surface area contributed by atoms with Gasteiger partial charge in [-0.2, -0.15) is 0 Å². The first kappa shape index (κ1) is 31.5. The van der Waals surface area contributed by atoms with E-state index in [1.54, 1.807) is 12.1 Å². The Morgan fingerprint density at radius 3 is 2.33 bits per heavy atom. The maximum absolute atomic E-state index is 12.8. The first-order valence-electron chi connectivity index (χ1n) is 15.8. The number of sulfonamides is 1. The number of benzene rings is 2. The van der Waals surface area contributed by atoms with Gasteiger partial charge in [0.05, 0.1) is 11.4 Å². The first-order chi connectivity index (χ1) is 20.7. The molecule has 0 radical (unpaired) electrons. The van der Waals surface area contributed by atoms with Gasteiger partial charge in [-0.15, -0.1) is 0 Å². The molecule has 2 aromatic carbocycles. The lowest BCUT2D eigenvalue weighted by atomic mass is 9.67. The van der Waals surface area contributed by atoms with Crippen molar-refractivity contribution in [3.63, 3.8) is 0 Å². The van der Waals surface area contributed by atoms with Gasteiger partial charge in [-0.1, -0.05) is 49.6 Å². The maximum atomic E-state index is 12.8. The Morgan fingerprint density at radius 2 is 1.63 bits per heavy atom. The highest BCUT2D eigenvalue weighted by molar-refractivity contribution is 7.89. The number of rotatable bonds is 12. The Hall–Kier alpha value is -2.95. The predicted octanol–water partition coefficient (Wildman–Crippen LogP) is 4.06. The highest BCUT2D eigenvalue weighted by Crippen LogP contribution is 2.43. The fourth-order valence-electron chi connectivity index (χ4n) is 7.14. The smallest absolute Gasteiger partial charge is 0.242 e. The Bertz CT molecular complexity index is 1330. The molecule has 0 spiro atoms. The van der Waals surface area contributed by atoms with Crippen molar-refractivity contribution < 1.29 is 22.7 Å². The van der Waals surface area contributed by atoms with E-state index in [4.69, 9.17) is 9.88 Å². The summed E-state index contributed by atoms with van der Waals surface area (Å²) in [6.45, 7) is 3.80. The van der Waals surface area contributed by atoms with Crippen LogP contribution >= 0.6 is 0 Å². The SMILES string of the molecule is NS(=O)(=O)c1ccc(COc2ccccc2CN2CCN(C(=O)CNC(=O)CCCC3CC4CCCC(C3)C4)CC2)cc1. The van der Waals surface area contributed by atoms with E-state index in [0.717, 1.165) is 60.6 Å². The number of ether oxygens (including phenoxy) is 1. The van der Waals surface area contributed by atoms with Crippen LogP contribution in [0.4, 0.5) is 0 Å². The Morgan fingerprint density at radius 1 is 0.930 bits per heavy atom. The minimum absolute atomic E-state index is 0.0139. The van der Waals surface area contributed by atoms with Crippen molar-refractivity contribution >= 4 is 21.8 Å². The number of primary sulfonamides is 1. The van der Waals surface area contributed by atoms with Gasteiger partial charge in [0.2, 0.25) is 21.8 Å². The molecule has 3 fully saturated rings. The van der Waals surface area contributed by atoms with Crippen molar-refractivity contribution in [3.8, 4) is 5.75 Å². The Balaban J connectivity index is 0.993. The minimum atomic E-state index is -3.73. The van der Waals surface area contributed by atoms with Gasteiger partial charge in [-0.05, 0) is 73.6 Å². The molecule has 1 saturated heterocycles. The summed E-state index contributed by atoms with van der Waals surface area (Å²) < 4.78 is 29.0. The van der Waals surface area contributed by atoms with Gasteiger partial charge in [0.1, 0.15) is 12.4 Å². The molecule has 234 valence electrons. The number of hydrogen-bond acceptors (Lipinski definition) is 6. The summed E-state index contributed by atoms with van der Waals surface area (Å²) in [6, 6.07) is 14.2. The van der Waals surface area contributed by atoms with Crippen molar-refractivity contribution in [1.82, 2.24) is 15.1 Å². The average Bonchev–Trinajstić information content (AvgIpc) is 2.99. The molecule has 43 heavy (non-hydrogen) atoms. The maximum Gasteiger partial charge on any atom is 0.242 e. The minimum Gasteiger partial charge on any atom is -0.489 e. The van der Waals surface area contributed by atoms with Gasteiger partial charge in [0.25, 0.3) is 0 Å². The number of amides is 2. The quantitative estimate of drug-likeness (QED) is 0.374. The summed E-state index contributed by atoms with van der Waals surface area (Å²) in [5.74, 6) is 3.36. The van der Waals surface area contributed by atoms with Crippen LogP contribution in [0.5, 0.6) is 5.75 Å². The molecule has 2 aliphatic carbocycles. The third-order valence-corrected chi connectivity index (χ3v) is 10.3. The van der Waals surface area contributed by atoms with Crippen LogP contribution in [-0.2, 0) is 32.8 Å². The molecule has 3 aliphatic rings. The van der Waals surface area contributed by atoms with Crippen LogP contribution in [0.25, 0.3) is 0 Å². The van der Waals surface area contributed by atoms with Gasteiger partial charge in [-0.25, -0.2) is 13.6 Å². The molecule has 10 heteroatoms. The van der Waals surface area contributed by atoms with Crippen LogP contribution in [0.1, 0.15) is 68.9 Å². The number of nitrogens with two attached hydrogens (primary N) is 1. The number of fused-ring (bicyclic) bond motifs is 2. The van der Waals surface area contributed by atoms with Crippen LogP contribution < -0.4 is 15.2 Å². The molecule has 2 aromatic rings.